The molecule has 2 aliphatic rings. The Kier molecular flexibility index (Phi) is 10.0. The van der Waals surface area contributed by atoms with Gasteiger partial charge in [0.15, 0.2) is 0 Å². The van der Waals surface area contributed by atoms with Gasteiger partial charge < -0.3 is 20.1 Å². The maximum atomic E-state index is 12.4. The lowest BCUT2D eigenvalue weighted by Gasteiger charge is -2.44. The van der Waals surface area contributed by atoms with Crippen molar-refractivity contribution in [3.63, 3.8) is 0 Å². The van der Waals surface area contributed by atoms with Crippen LogP contribution in [0.3, 0.4) is 0 Å². The van der Waals surface area contributed by atoms with Gasteiger partial charge in [0.05, 0.1) is 0 Å². The third kappa shape index (κ3) is 9.02. The fourth-order valence-corrected chi connectivity index (χ4v) is 5.47. The van der Waals surface area contributed by atoms with Gasteiger partial charge in [-0.25, -0.2) is 0 Å². The van der Waals surface area contributed by atoms with Crippen LogP contribution in [0.4, 0.5) is 0 Å². The second kappa shape index (κ2) is 11.8. The van der Waals surface area contributed by atoms with Crippen molar-refractivity contribution in [3.05, 3.63) is 23.7 Å². The fourth-order valence-electron chi connectivity index (χ4n) is 5.47. The highest BCUT2D eigenvalue weighted by Crippen LogP contribution is 2.35. The van der Waals surface area contributed by atoms with Crippen LogP contribution in [0.5, 0.6) is 0 Å². The zero-order valence-electron chi connectivity index (χ0n) is 24.6. The molecule has 2 N–H and O–H groups in total. The Labute approximate surface area is 220 Å². The first-order valence-corrected chi connectivity index (χ1v) is 13.9. The molecule has 0 bridgehead atoms. The molecule has 206 valence electrons. The van der Waals surface area contributed by atoms with Crippen LogP contribution in [0.1, 0.15) is 121 Å². The number of carbonyl (C=O) groups is 2. The van der Waals surface area contributed by atoms with Gasteiger partial charge >= 0.3 is 11.9 Å². The Morgan fingerprint density at radius 1 is 0.639 bits per heavy atom. The van der Waals surface area contributed by atoms with Gasteiger partial charge in [0.1, 0.15) is 11.5 Å². The molecule has 0 saturated heterocycles. The minimum absolute atomic E-state index is 0.129. The SMILES string of the molecule is CC1C(OC(=O)CCCCCCCCC(=O)OC2=CC(C)(C)NC(C)(C)C2C)=CC(C)(C)NC1(C)C. The van der Waals surface area contributed by atoms with Gasteiger partial charge in [-0.2, -0.15) is 0 Å². The van der Waals surface area contributed by atoms with Gasteiger partial charge in [-0.3, -0.25) is 9.59 Å². The molecular formula is C30H52N2O4. The van der Waals surface area contributed by atoms with Crippen LogP contribution in [0.2, 0.25) is 0 Å². The van der Waals surface area contributed by atoms with E-state index in [2.05, 4.69) is 79.9 Å². The summed E-state index contributed by atoms with van der Waals surface area (Å²) in [5, 5.41) is 7.19. The van der Waals surface area contributed by atoms with E-state index in [4.69, 9.17) is 9.47 Å². The number of hydrogen-bond donors (Lipinski definition) is 2. The molecule has 6 nitrogen and oxygen atoms in total. The summed E-state index contributed by atoms with van der Waals surface area (Å²) in [7, 11) is 0. The van der Waals surface area contributed by atoms with E-state index in [1.54, 1.807) is 0 Å². The van der Waals surface area contributed by atoms with Crippen molar-refractivity contribution in [2.75, 3.05) is 0 Å². The monoisotopic (exact) mass is 504 g/mol. The number of esters is 2. The first kappa shape index (κ1) is 30.6. The summed E-state index contributed by atoms with van der Waals surface area (Å²) < 4.78 is 11.5. The minimum Gasteiger partial charge on any atom is -0.431 e. The summed E-state index contributed by atoms with van der Waals surface area (Å²) in [6, 6.07) is 0. The zero-order chi connectivity index (χ0) is 27.4. The molecule has 2 unspecified atom stereocenters. The van der Waals surface area contributed by atoms with Gasteiger partial charge in [0.2, 0.25) is 0 Å². The summed E-state index contributed by atoms with van der Waals surface area (Å²) in [4.78, 5) is 24.8. The molecule has 0 aromatic carbocycles. The van der Waals surface area contributed by atoms with Crippen molar-refractivity contribution in [1.82, 2.24) is 10.6 Å². The van der Waals surface area contributed by atoms with Gasteiger partial charge in [-0.05, 0) is 80.4 Å². The molecule has 2 rings (SSSR count). The van der Waals surface area contributed by atoms with Crippen molar-refractivity contribution < 1.29 is 19.1 Å². The molecule has 2 heterocycles. The van der Waals surface area contributed by atoms with Gasteiger partial charge in [-0.15, -0.1) is 0 Å². The van der Waals surface area contributed by atoms with Crippen molar-refractivity contribution >= 4 is 11.9 Å². The van der Waals surface area contributed by atoms with Crippen LogP contribution in [0.15, 0.2) is 23.7 Å². The van der Waals surface area contributed by atoms with Crippen molar-refractivity contribution in [2.24, 2.45) is 11.8 Å². The van der Waals surface area contributed by atoms with E-state index in [9.17, 15) is 9.59 Å². The number of nitrogens with one attached hydrogen (secondary N) is 2. The number of carbonyl (C=O) groups excluding carboxylic acids is 2. The molecule has 0 aromatic heterocycles. The van der Waals surface area contributed by atoms with Crippen molar-refractivity contribution in [1.29, 1.82) is 0 Å². The lowest BCUT2D eigenvalue weighted by molar-refractivity contribution is -0.142. The van der Waals surface area contributed by atoms with Crippen LogP contribution in [0, 0.1) is 11.8 Å². The first-order valence-electron chi connectivity index (χ1n) is 13.9. The smallest absolute Gasteiger partial charge is 0.310 e. The average Bonchev–Trinajstić information content (AvgIpc) is 2.69. The normalized spacial score (nSPS) is 25.9. The van der Waals surface area contributed by atoms with E-state index in [1.807, 2.05) is 12.2 Å². The molecule has 2 aliphatic heterocycles. The summed E-state index contributed by atoms with van der Waals surface area (Å²) in [6.07, 6.45) is 10.7. The van der Waals surface area contributed by atoms with E-state index in [-0.39, 0.29) is 45.9 Å². The lowest BCUT2D eigenvalue weighted by Crippen LogP contribution is -2.58. The molecule has 0 spiro atoms. The van der Waals surface area contributed by atoms with E-state index < -0.39 is 0 Å². The van der Waals surface area contributed by atoms with Gasteiger partial charge in [-0.1, -0.05) is 39.5 Å². The first-order chi connectivity index (χ1) is 16.4. The third-order valence-corrected chi connectivity index (χ3v) is 7.79. The molecule has 0 amide bonds. The second-order valence-electron chi connectivity index (χ2n) is 13.2. The molecule has 36 heavy (non-hydrogen) atoms. The molecule has 2 atom stereocenters. The average molecular weight is 505 g/mol. The van der Waals surface area contributed by atoms with E-state index in [1.165, 1.54) is 0 Å². The van der Waals surface area contributed by atoms with Crippen molar-refractivity contribution in [2.45, 2.75) is 143 Å². The predicted octanol–water partition coefficient (Wildman–Crippen LogP) is 6.55. The maximum Gasteiger partial charge on any atom is 0.310 e. The zero-order valence-corrected chi connectivity index (χ0v) is 24.6. The van der Waals surface area contributed by atoms with Crippen LogP contribution in [-0.4, -0.2) is 34.1 Å². The number of unbranched alkanes of at least 4 members (excludes halogenated alkanes) is 5. The van der Waals surface area contributed by atoms with Gasteiger partial charge in [0, 0.05) is 46.8 Å². The highest BCUT2D eigenvalue weighted by atomic mass is 16.5. The molecule has 0 aliphatic carbocycles. The van der Waals surface area contributed by atoms with Crippen LogP contribution < -0.4 is 10.6 Å². The lowest BCUT2D eigenvalue weighted by atomic mass is 9.79. The molecule has 0 fully saturated rings. The van der Waals surface area contributed by atoms with Gasteiger partial charge in [0.25, 0.3) is 0 Å². The number of hydrogen-bond acceptors (Lipinski definition) is 6. The number of ether oxygens (including phenoxy) is 2. The molecule has 0 aromatic rings. The summed E-state index contributed by atoms with van der Waals surface area (Å²) in [5.74, 6) is 1.54. The molecule has 0 radical (unpaired) electrons. The quantitative estimate of drug-likeness (QED) is 0.245. The third-order valence-electron chi connectivity index (χ3n) is 7.79. The minimum atomic E-state index is -0.200. The Morgan fingerprint density at radius 3 is 1.28 bits per heavy atom. The summed E-state index contributed by atoms with van der Waals surface area (Å²) in [6.45, 7) is 21.2. The summed E-state index contributed by atoms with van der Waals surface area (Å²) in [5.41, 5.74) is -0.658. The largest absolute Gasteiger partial charge is 0.431 e. The highest BCUT2D eigenvalue weighted by molar-refractivity contribution is 5.71. The fraction of sp³-hybridized carbons (Fsp3) is 0.800. The second-order valence-corrected chi connectivity index (χ2v) is 13.2. The molecular weight excluding hydrogens is 452 g/mol. The Balaban J connectivity index is 1.61. The number of rotatable bonds is 11. The van der Waals surface area contributed by atoms with Crippen LogP contribution in [-0.2, 0) is 19.1 Å². The molecule has 6 heteroatoms. The van der Waals surface area contributed by atoms with Crippen LogP contribution >= 0.6 is 0 Å². The maximum absolute atomic E-state index is 12.4. The van der Waals surface area contributed by atoms with Crippen molar-refractivity contribution in [3.8, 4) is 0 Å². The predicted molar refractivity (Wildman–Crippen MR) is 146 cm³/mol. The topological polar surface area (TPSA) is 76.7 Å². The Morgan fingerprint density at radius 2 is 0.944 bits per heavy atom. The molecule has 0 saturated carbocycles. The summed E-state index contributed by atoms with van der Waals surface area (Å²) >= 11 is 0. The van der Waals surface area contributed by atoms with Crippen LogP contribution in [0.25, 0.3) is 0 Å². The van der Waals surface area contributed by atoms with E-state index in [0.717, 1.165) is 50.0 Å². The Bertz CT molecular complexity index is 781. The standard InChI is InChI=1S/C30H52N2O4/c1-21-23(19-27(3,4)31-29(21,7)8)35-25(33)17-15-13-11-12-14-16-18-26(34)36-24-20-28(5,6)32-30(9,10)22(24)2/h19-22,31-32H,11-18H2,1-10H3. The van der Waals surface area contributed by atoms with E-state index >= 15 is 0 Å². The highest BCUT2D eigenvalue weighted by Gasteiger charge is 2.40. The van der Waals surface area contributed by atoms with E-state index in [0.29, 0.717) is 12.8 Å². The Hall–Kier alpha value is -1.66.